The summed E-state index contributed by atoms with van der Waals surface area (Å²) in [7, 11) is 0. The van der Waals surface area contributed by atoms with Gasteiger partial charge in [-0.3, -0.25) is 19.7 Å². The Balaban J connectivity index is 2.96. The number of carbonyl (C=O) groups excluding carboxylic acids is 1. The van der Waals surface area contributed by atoms with Crippen molar-refractivity contribution in [3.8, 4) is 0 Å². The van der Waals surface area contributed by atoms with Gasteiger partial charge in [0.2, 0.25) is 0 Å². The molecule has 0 bridgehead atoms. The van der Waals surface area contributed by atoms with Crippen LogP contribution in [0.5, 0.6) is 0 Å². The smallest absolute Gasteiger partial charge is 0.308 e. The number of rotatable bonds is 10. The molecule has 0 spiro atoms. The molecule has 0 aromatic heterocycles. The molecule has 1 aromatic rings. The molecule has 1 aromatic carbocycles. The standard InChI is InChI=1S/C16H21ClN2O6/c1-3-25-8-4-7-18(10-11(2)16(21)22)15(20)13-6-5-12(19(23)24)9-14(13)17/h5-6,9,11H,3-4,7-8,10H2,1-2H3,(H,21,22). The molecular weight excluding hydrogens is 352 g/mol. The highest BCUT2D eigenvalue weighted by molar-refractivity contribution is 6.34. The van der Waals surface area contributed by atoms with Crippen molar-refractivity contribution >= 4 is 29.2 Å². The van der Waals surface area contributed by atoms with Crippen molar-refractivity contribution in [1.29, 1.82) is 0 Å². The minimum atomic E-state index is -1.02. The van der Waals surface area contributed by atoms with Gasteiger partial charge in [-0.05, 0) is 19.4 Å². The number of non-ortho nitro benzene ring substituents is 1. The van der Waals surface area contributed by atoms with E-state index in [9.17, 15) is 19.7 Å². The monoisotopic (exact) mass is 372 g/mol. The number of nitro benzene ring substituents is 1. The van der Waals surface area contributed by atoms with Gasteiger partial charge in [-0.15, -0.1) is 0 Å². The number of nitrogens with zero attached hydrogens (tertiary/aromatic N) is 2. The molecule has 25 heavy (non-hydrogen) atoms. The van der Waals surface area contributed by atoms with Crippen LogP contribution in [0.15, 0.2) is 18.2 Å². The number of carboxylic acid groups (broad SMARTS) is 1. The van der Waals surface area contributed by atoms with Crippen molar-refractivity contribution < 1.29 is 24.4 Å². The Morgan fingerprint density at radius 1 is 1.44 bits per heavy atom. The van der Waals surface area contributed by atoms with E-state index in [1.807, 2.05) is 6.92 Å². The molecule has 1 unspecified atom stereocenters. The van der Waals surface area contributed by atoms with Gasteiger partial charge in [-0.25, -0.2) is 0 Å². The minimum Gasteiger partial charge on any atom is -0.481 e. The van der Waals surface area contributed by atoms with Crippen LogP contribution in [-0.2, 0) is 9.53 Å². The first-order valence-electron chi connectivity index (χ1n) is 7.81. The normalized spacial score (nSPS) is 11.8. The maximum absolute atomic E-state index is 12.7. The van der Waals surface area contributed by atoms with Crippen LogP contribution in [0.4, 0.5) is 5.69 Å². The van der Waals surface area contributed by atoms with E-state index in [0.717, 1.165) is 6.07 Å². The predicted octanol–water partition coefficient (Wildman–Crippen LogP) is 2.84. The van der Waals surface area contributed by atoms with Gasteiger partial charge in [0.1, 0.15) is 0 Å². The second-order valence-electron chi connectivity index (χ2n) is 5.46. The van der Waals surface area contributed by atoms with Gasteiger partial charge >= 0.3 is 5.97 Å². The van der Waals surface area contributed by atoms with Crippen LogP contribution < -0.4 is 0 Å². The summed E-state index contributed by atoms with van der Waals surface area (Å²) in [5.74, 6) is -2.24. The molecule has 0 heterocycles. The van der Waals surface area contributed by atoms with Gasteiger partial charge in [-0.2, -0.15) is 0 Å². The van der Waals surface area contributed by atoms with Gasteiger partial charge in [0.15, 0.2) is 0 Å². The summed E-state index contributed by atoms with van der Waals surface area (Å²) >= 11 is 6.00. The number of halogens is 1. The van der Waals surface area contributed by atoms with Crippen LogP contribution in [-0.4, -0.2) is 53.1 Å². The second kappa shape index (κ2) is 9.95. The van der Waals surface area contributed by atoms with Gasteiger partial charge in [0.05, 0.1) is 21.4 Å². The average Bonchev–Trinajstić information content (AvgIpc) is 2.56. The average molecular weight is 373 g/mol. The second-order valence-corrected chi connectivity index (χ2v) is 5.87. The van der Waals surface area contributed by atoms with Crippen molar-refractivity contribution in [3.05, 3.63) is 38.9 Å². The number of amides is 1. The first-order valence-corrected chi connectivity index (χ1v) is 8.19. The Kier molecular flexibility index (Phi) is 8.30. The molecule has 0 radical (unpaired) electrons. The molecule has 0 aliphatic rings. The summed E-state index contributed by atoms with van der Waals surface area (Å²) in [6.45, 7) is 4.65. The topological polar surface area (TPSA) is 110 Å². The minimum absolute atomic E-state index is 0.00755. The Bertz CT molecular complexity index is 637. The number of carboxylic acids is 1. The van der Waals surface area contributed by atoms with Crippen LogP contribution in [0.3, 0.4) is 0 Å². The third-order valence-corrected chi connectivity index (χ3v) is 3.83. The Morgan fingerprint density at radius 2 is 2.12 bits per heavy atom. The van der Waals surface area contributed by atoms with E-state index >= 15 is 0 Å². The third-order valence-electron chi connectivity index (χ3n) is 3.52. The van der Waals surface area contributed by atoms with Gasteiger partial charge in [-0.1, -0.05) is 18.5 Å². The largest absolute Gasteiger partial charge is 0.481 e. The number of hydrogen-bond donors (Lipinski definition) is 1. The number of ether oxygens (including phenoxy) is 1. The lowest BCUT2D eigenvalue weighted by atomic mass is 10.1. The van der Waals surface area contributed by atoms with E-state index in [1.54, 1.807) is 0 Å². The summed E-state index contributed by atoms with van der Waals surface area (Å²) < 4.78 is 5.23. The molecule has 1 N–H and O–H groups in total. The lowest BCUT2D eigenvalue weighted by Gasteiger charge is -2.25. The highest BCUT2D eigenvalue weighted by atomic mass is 35.5. The first kappa shape index (κ1) is 20.9. The van der Waals surface area contributed by atoms with Crippen molar-refractivity contribution in [2.45, 2.75) is 20.3 Å². The number of hydrogen-bond acceptors (Lipinski definition) is 5. The van der Waals surface area contributed by atoms with Crippen LogP contribution in [0.25, 0.3) is 0 Å². The number of aliphatic carboxylic acids is 1. The van der Waals surface area contributed by atoms with Crippen LogP contribution in [0.1, 0.15) is 30.6 Å². The van der Waals surface area contributed by atoms with Crippen LogP contribution in [0, 0.1) is 16.0 Å². The van der Waals surface area contributed by atoms with E-state index in [-0.39, 0.29) is 22.8 Å². The maximum Gasteiger partial charge on any atom is 0.308 e. The third kappa shape index (κ3) is 6.32. The number of nitro groups is 1. The summed E-state index contributed by atoms with van der Waals surface area (Å²) in [6, 6.07) is 3.58. The Hall–Kier alpha value is -2.19. The fraction of sp³-hybridized carbons (Fsp3) is 0.500. The Labute approximate surface area is 150 Å². The SMILES string of the molecule is CCOCCCN(CC(C)C(=O)O)C(=O)c1ccc([N+](=O)[O-])cc1Cl. The molecule has 8 nitrogen and oxygen atoms in total. The number of carbonyl (C=O) groups is 2. The molecule has 0 aliphatic carbocycles. The highest BCUT2D eigenvalue weighted by Crippen LogP contribution is 2.24. The van der Waals surface area contributed by atoms with E-state index in [2.05, 4.69) is 0 Å². The first-order chi connectivity index (χ1) is 11.8. The zero-order chi connectivity index (χ0) is 19.0. The molecule has 1 rings (SSSR count). The molecule has 9 heteroatoms. The van der Waals surface area contributed by atoms with Gasteiger partial charge < -0.3 is 14.7 Å². The van der Waals surface area contributed by atoms with Gasteiger partial charge in [0, 0.05) is 38.4 Å². The molecule has 0 fully saturated rings. The van der Waals surface area contributed by atoms with Crippen LogP contribution >= 0.6 is 11.6 Å². The molecule has 0 saturated carbocycles. The maximum atomic E-state index is 12.7. The van der Waals surface area contributed by atoms with E-state index in [1.165, 1.54) is 24.0 Å². The zero-order valence-corrected chi connectivity index (χ0v) is 14.9. The quantitative estimate of drug-likeness (QED) is 0.384. The van der Waals surface area contributed by atoms with E-state index < -0.39 is 22.7 Å². The molecular formula is C16H21ClN2O6. The van der Waals surface area contributed by atoms with Crippen molar-refractivity contribution in [2.24, 2.45) is 5.92 Å². The Morgan fingerprint density at radius 3 is 2.64 bits per heavy atom. The molecule has 0 aliphatic heterocycles. The lowest BCUT2D eigenvalue weighted by Crippen LogP contribution is -2.38. The highest BCUT2D eigenvalue weighted by Gasteiger charge is 2.24. The molecule has 0 saturated heterocycles. The molecule has 1 amide bonds. The predicted molar refractivity (Wildman–Crippen MR) is 91.9 cm³/mol. The fourth-order valence-corrected chi connectivity index (χ4v) is 2.40. The molecule has 138 valence electrons. The molecule has 1 atom stereocenters. The summed E-state index contributed by atoms with van der Waals surface area (Å²) in [5, 5.41) is 19.8. The van der Waals surface area contributed by atoms with E-state index in [4.69, 9.17) is 21.4 Å². The van der Waals surface area contributed by atoms with Crippen LogP contribution in [0.2, 0.25) is 5.02 Å². The van der Waals surface area contributed by atoms with Crippen molar-refractivity contribution in [3.63, 3.8) is 0 Å². The fourth-order valence-electron chi connectivity index (χ4n) is 2.15. The summed E-state index contributed by atoms with van der Waals surface area (Å²) in [4.78, 5) is 35.3. The van der Waals surface area contributed by atoms with Crippen molar-refractivity contribution in [1.82, 2.24) is 4.90 Å². The zero-order valence-electron chi connectivity index (χ0n) is 14.1. The lowest BCUT2D eigenvalue weighted by molar-refractivity contribution is -0.384. The van der Waals surface area contributed by atoms with Crippen molar-refractivity contribution in [2.75, 3.05) is 26.3 Å². The van der Waals surface area contributed by atoms with E-state index in [0.29, 0.717) is 26.2 Å². The summed E-state index contributed by atoms with van der Waals surface area (Å²) in [5.41, 5.74) is -0.121. The number of benzene rings is 1. The summed E-state index contributed by atoms with van der Waals surface area (Å²) in [6.07, 6.45) is 0.538. The van der Waals surface area contributed by atoms with Gasteiger partial charge in [0.25, 0.3) is 11.6 Å².